The Bertz CT molecular complexity index is 1120. The lowest BCUT2D eigenvalue weighted by Gasteiger charge is -2.18. The number of nitrogens with zero attached hydrogens (tertiary/aromatic N) is 3. The highest BCUT2D eigenvalue weighted by Gasteiger charge is 2.21. The third-order valence-corrected chi connectivity index (χ3v) is 6.86. The van der Waals surface area contributed by atoms with Crippen molar-refractivity contribution >= 4 is 46.6 Å². The molecule has 1 N–H and O–H groups in total. The largest absolute Gasteiger partial charge is 0.483 e. The lowest BCUT2D eigenvalue weighted by atomic mass is 10.0. The van der Waals surface area contributed by atoms with E-state index in [0.717, 1.165) is 11.6 Å². The summed E-state index contributed by atoms with van der Waals surface area (Å²) in [6.45, 7) is 11.3. The van der Waals surface area contributed by atoms with Crippen molar-refractivity contribution in [2.45, 2.75) is 58.3 Å². The van der Waals surface area contributed by atoms with Crippen LogP contribution in [0.25, 0.3) is 0 Å². The van der Waals surface area contributed by atoms with Gasteiger partial charge >= 0.3 is 0 Å². The molecule has 0 saturated heterocycles. The number of hydrogen-bond donors (Lipinski definition) is 1. The van der Waals surface area contributed by atoms with Crippen molar-refractivity contribution in [2.75, 3.05) is 11.1 Å². The Kier molecular flexibility index (Phi) is 9.28. The van der Waals surface area contributed by atoms with Crippen molar-refractivity contribution in [3.8, 4) is 5.75 Å². The quantitative estimate of drug-likeness (QED) is 0.285. The Morgan fingerprint density at radius 1 is 1.06 bits per heavy atom. The van der Waals surface area contributed by atoms with E-state index in [4.69, 9.17) is 27.9 Å². The van der Waals surface area contributed by atoms with Gasteiger partial charge in [-0.1, -0.05) is 80.9 Å². The predicted octanol–water partition coefficient (Wildman–Crippen LogP) is 7.24. The van der Waals surface area contributed by atoms with E-state index in [9.17, 15) is 4.79 Å². The molecule has 1 aromatic heterocycles. The van der Waals surface area contributed by atoms with Crippen LogP contribution in [-0.4, -0.2) is 26.4 Å². The predicted molar refractivity (Wildman–Crippen MR) is 140 cm³/mol. The highest BCUT2D eigenvalue weighted by Crippen LogP contribution is 2.30. The van der Waals surface area contributed by atoms with Crippen molar-refractivity contribution < 1.29 is 9.53 Å². The van der Waals surface area contributed by atoms with Gasteiger partial charge in [-0.25, -0.2) is 0 Å². The highest BCUT2D eigenvalue weighted by atomic mass is 35.5. The molecule has 0 spiro atoms. The van der Waals surface area contributed by atoms with Crippen molar-refractivity contribution in [2.24, 2.45) is 5.92 Å². The van der Waals surface area contributed by atoms with Crippen LogP contribution in [-0.2, 0) is 11.3 Å². The van der Waals surface area contributed by atoms with Crippen molar-refractivity contribution in [1.29, 1.82) is 0 Å². The summed E-state index contributed by atoms with van der Waals surface area (Å²) in [4.78, 5) is 12.5. The molecule has 0 fully saturated rings. The molecule has 9 heteroatoms. The minimum Gasteiger partial charge on any atom is -0.483 e. The van der Waals surface area contributed by atoms with E-state index in [1.165, 1.54) is 17.3 Å². The minimum absolute atomic E-state index is 0.158. The van der Waals surface area contributed by atoms with Gasteiger partial charge < -0.3 is 14.6 Å². The summed E-state index contributed by atoms with van der Waals surface area (Å²) >= 11 is 13.5. The van der Waals surface area contributed by atoms with Crippen LogP contribution in [0.5, 0.6) is 5.75 Å². The Morgan fingerprint density at radius 2 is 1.76 bits per heavy atom. The number of hydrogen-bond acceptors (Lipinski definition) is 5. The molecule has 34 heavy (non-hydrogen) atoms. The van der Waals surface area contributed by atoms with Gasteiger partial charge in [0.05, 0.1) is 21.5 Å². The molecule has 0 aliphatic heterocycles. The van der Waals surface area contributed by atoms with Gasteiger partial charge in [0.1, 0.15) is 5.75 Å². The summed E-state index contributed by atoms with van der Waals surface area (Å²) in [6, 6.07) is 13.2. The maximum atomic E-state index is 12.5. The molecule has 6 nitrogen and oxygen atoms in total. The van der Waals surface area contributed by atoms with Gasteiger partial charge in [-0.15, -0.1) is 10.2 Å². The van der Waals surface area contributed by atoms with Crippen molar-refractivity contribution in [3.63, 3.8) is 0 Å². The fraction of sp³-hybridized carbons (Fsp3) is 0.400. The Labute approximate surface area is 215 Å². The summed E-state index contributed by atoms with van der Waals surface area (Å²) in [6.07, 6.45) is -0.301. The second kappa shape index (κ2) is 12.0. The topological polar surface area (TPSA) is 69.0 Å². The molecule has 3 rings (SSSR count). The van der Waals surface area contributed by atoms with Gasteiger partial charge in [0.2, 0.25) is 5.91 Å². The number of amides is 1. The van der Waals surface area contributed by atoms with Gasteiger partial charge in [0.25, 0.3) is 0 Å². The van der Waals surface area contributed by atoms with Crippen LogP contribution in [0.3, 0.4) is 0 Å². The second-order valence-corrected chi connectivity index (χ2v) is 10.5. The average molecular weight is 522 g/mol. The molecule has 0 bridgehead atoms. The van der Waals surface area contributed by atoms with E-state index < -0.39 is 0 Å². The lowest BCUT2D eigenvalue weighted by molar-refractivity contribution is -0.113. The zero-order valence-corrected chi connectivity index (χ0v) is 22.3. The van der Waals surface area contributed by atoms with Crippen molar-refractivity contribution in [1.82, 2.24) is 14.8 Å². The van der Waals surface area contributed by atoms with E-state index in [2.05, 4.69) is 55.3 Å². The number of halogens is 2. The zero-order chi connectivity index (χ0) is 24.8. The van der Waals surface area contributed by atoms with E-state index in [1.54, 1.807) is 18.2 Å². The first-order chi connectivity index (χ1) is 16.2. The maximum Gasteiger partial charge on any atom is 0.234 e. The number of anilines is 1. The molecular formula is C25H30Cl2N4O2S. The first-order valence-corrected chi connectivity index (χ1v) is 13.0. The molecule has 1 heterocycles. The Balaban J connectivity index is 1.70. The Hall–Kier alpha value is -2.22. The van der Waals surface area contributed by atoms with Crippen LogP contribution in [0, 0.1) is 5.92 Å². The second-order valence-electron chi connectivity index (χ2n) is 8.77. The van der Waals surface area contributed by atoms with Crippen LogP contribution < -0.4 is 10.1 Å². The van der Waals surface area contributed by atoms with Crippen LogP contribution in [0.15, 0.2) is 47.6 Å². The normalized spacial score (nSPS) is 12.3. The standard InChI is InChI=1S/C25H30Cl2N4O2S/c1-15(2)13-31-24(17(5)33-19-11-9-18(10-12-19)16(3)4)29-30-25(31)34-14-22(32)28-21-8-6-7-20(26)23(21)27/h6-12,15-17H,13-14H2,1-5H3,(H,28,32). The number of ether oxygens (including phenoxy) is 1. The van der Waals surface area contributed by atoms with Crippen LogP contribution in [0.2, 0.25) is 10.0 Å². The molecule has 1 unspecified atom stereocenters. The first kappa shape index (κ1) is 26.4. The van der Waals surface area contributed by atoms with Crippen LogP contribution >= 0.6 is 35.0 Å². The van der Waals surface area contributed by atoms with Crippen molar-refractivity contribution in [3.05, 3.63) is 63.9 Å². The van der Waals surface area contributed by atoms with Crippen LogP contribution in [0.4, 0.5) is 5.69 Å². The summed E-state index contributed by atoms with van der Waals surface area (Å²) in [5, 5.41) is 12.9. The van der Waals surface area contributed by atoms with Gasteiger partial charge in [0, 0.05) is 6.54 Å². The first-order valence-electron chi connectivity index (χ1n) is 11.2. The van der Waals surface area contributed by atoms with Gasteiger partial charge in [-0.05, 0) is 48.6 Å². The summed E-state index contributed by atoms with van der Waals surface area (Å²) in [5.41, 5.74) is 1.74. The number of benzene rings is 2. The lowest BCUT2D eigenvalue weighted by Crippen LogP contribution is -2.17. The smallest absolute Gasteiger partial charge is 0.234 e. The highest BCUT2D eigenvalue weighted by molar-refractivity contribution is 7.99. The molecule has 2 aromatic carbocycles. The number of aromatic nitrogens is 3. The molecule has 1 atom stereocenters. The third kappa shape index (κ3) is 6.90. The van der Waals surface area contributed by atoms with Gasteiger partial charge in [0.15, 0.2) is 17.1 Å². The molecular weight excluding hydrogens is 491 g/mol. The number of carbonyl (C=O) groups excluding carboxylic acids is 1. The van der Waals surface area contributed by atoms with Gasteiger partial charge in [-0.3, -0.25) is 4.79 Å². The fourth-order valence-electron chi connectivity index (χ4n) is 3.35. The molecule has 0 aliphatic carbocycles. The summed E-state index contributed by atoms with van der Waals surface area (Å²) < 4.78 is 8.19. The minimum atomic E-state index is -0.301. The molecule has 3 aromatic rings. The molecule has 0 saturated carbocycles. The maximum absolute atomic E-state index is 12.5. The number of thioether (sulfide) groups is 1. The van der Waals surface area contributed by atoms with E-state index in [0.29, 0.717) is 39.3 Å². The fourth-order valence-corrected chi connectivity index (χ4v) is 4.45. The SMILES string of the molecule is CC(C)Cn1c(SCC(=O)Nc2cccc(Cl)c2Cl)nnc1C(C)Oc1ccc(C(C)C)cc1. The number of carbonyl (C=O) groups is 1. The molecule has 0 radical (unpaired) electrons. The zero-order valence-electron chi connectivity index (χ0n) is 20.0. The molecule has 182 valence electrons. The molecule has 0 aliphatic rings. The van der Waals surface area contributed by atoms with Crippen LogP contribution in [0.1, 0.15) is 58.0 Å². The average Bonchev–Trinajstić information content (AvgIpc) is 3.17. The van der Waals surface area contributed by atoms with E-state index >= 15 is 0 Å². The Morgan fingerprint density at radius 3 is 2.41 bits per heavy atom. The number of nitrogens with one attached hydrogen (secondary N) is 1. The van der Waals surface area contributed by atoms with E-state index in [1.807, 2.05) is 23.6 Å². The number of rotatable bonds is 10. The monoisotopic (exact) mass is 520 g/mol. The summed E-state index contributed by atoms with van der Waals surface area (Å²) in [5.74, 6) is 2.29. The third-order valence-electron chi connectivity index (χ3n) is 5.07. The van der Waals surface area contributed by atoms with E-state index in [-0.39, 0.29) is 17.8 Å². The van der Waals surface area contributed by atoms with Gasteiger partial charge in [-0.2, -0.15) is 0 Å². The molecule has 1 amide bonds. The summed E-state index contributed by atoms with van der Waals surface area (Å²) in [7, 11) is 0.